The molecule has 3 heterocycles. The summed E-state index contributed by atoms with van der Waals surface area (Å²) in [6.07, 6.45) is 4.18. The molecule has 1 aliphatic heterocycles. The van der Waals surface area contributed by atoms with Crippen molar-refractivity contribution < 1.29 is 8.60 Å². The van der Waals surface area contributed by atoms with E-state index in [0.717, 1.165) is 39.2 Å². The van der Waals surface area contributed by atoms with Crippen LogP contribution in [-0.4, -0.2) is 19.9 Å². The molecule has 5 heteroatoms. The maximum atomic E-state index is 14.6. The van der Waals surface area contributed by atoms with Gasteiger partial charge < -0.3 is 4.98 Å². The van der Waals surface area contributed by atoms with Crippen molar-refractivity contribution in [2.24, 2.45) is 0 Å². The van der Waals surface area contributed by atoms with Gasteiger partial charge in [0.05, 0.1) is 21.4 Å². The van der Waals surface area contributed by atoms with Crippen LogP contribution in [0, 0.1) is 5.82 Å². The fourth-order valence-electron chi connectivity index (χ4n) is 3.75. The van der Waals surface area contributed by atoms with Crippen molar-refractivity contribution in [3.8, 4) is 33.6 Å². The van der Waals surface area contributed by atoms with Gasteiger partial charge in [-0.3, -0.25) is 9.19 Å². The van der Waals surface area contributed by atoms with E-state index in [1.165, 1.54) is 6.07 Å². The van der Waals surface area contributed by atoms with Crippen molar-refractivity contribution in [3.05, 3.63) is 84.4 Å². The second kappa shape index (κ2) is 6.84. The van der Waals surface area contributed by atoms with Crippen LogP contribution in [0.5, 0.6) is 0 Å². The van der Waals surface area contributed by atoms with Gasteiger partial charge in [-0.25, -0.2) is 4.39 Å². The van der Waals surface area contributed by atoms with Crippen molar-refractivity contribution in [1.82, 2.24) is 9.97 Å². The van der Waals surface area contributed by atoms with Crippen LogP contribution in [0.4, 0.5) is 4.39 Å². The average molecular weight is 388 g/mol. The topological polar surface area (TPSA) is 45.8 Å². The van der Waals surface area contributed by atoms with Gasteiger partial charge in [-0.15, -0.1) is 0 Å². The van der Waals surface area contributed by atoms with Gasteiger partial charge >= 0.3 is 0 Å². The summed E-state index contributed by atoms with van der Waals surface area (Å²) in [5.41, 5.74) is 6.56. The molecular weight excluding hydrogens is 371 g/mol. The molecule has 138 valence electrons. The largest absolute Gasteiger partial charge is 0.354 e. The molecule has 28 heavy (non-hydrogen) atoms. The maximum Gasteiger partial charge on any atom is 0.140 e. The van der Waals surface area contributed by atoms with Crippen LogP contribution in [0.2, 0.25) is 0 Å². The van der Waals surface area contributed by atoms with Crippen LogP contribution in [0.15, 0.2) is 78.0 Å². The van der Waals surface area contributed by atoms with E-state index in [0.29, 0.717) is 17.1 Å². The van der Waals surface area contributed by atoms with Gasteiger partial charge in [-0.05, 0) is 53.4 Å². The summed E-state index contributed by atoms with van der Waals surface area (Å²) in [7, 11) is -1.22. The lowest BCUT2D eigenvalue weighted by atomic mass is 10.0. The van der Waals surface area contributed by atoms with Crippen LogP contribution in [0.3, 0.4) is 0 Å². The highest BCUT2D eigenvalue weighted by Crippen LogP contribution is 2.37. The monoisotopic (exact) mass is 388 g/mol. The number of nitrogens with one attached hydrogen (secondary N) is 1. The smallest absolute Gasteiger partial charge is 0.140 e. The summed E-state index contributed by atoms with van der Waals surface area (Å²) in [4.78, 5) is 7.96. The van der Waals surface area contributed by atoms with E-state index in [-0.39, 0.29) is 5.82 Å². The lowest BCUT2D eigenvalue weighted by Gasteiger charge is -2.05. The molecule has 1 unspecified atom stereocenters. The number of hydrogen-bond acceptors (Lipinski definition) is 2. The molecule has 3 nitrogen and oxygen atoms in total. The number of aromatic amines is 1. The third-order valence-electron chi connectivity index (χ3n) is 5.09. The molecule has 0 saturated heterocycles. The minimum atomic E-state index is -1.22. The molecule has 0 spiro atoms. The third-order valence-corrected chi connectivity index (χ3v) is 6.57. The molecule has 0 saturated carbocycles. The predicted molar refractivity (Wildman–Crippen MR) is 110 cm³/mol. The van der Waals surface area contributed by atoms with E-state index in [1.54, 1.807) is 12.4 Å². The Morgan fingerprint density at radius 3 is 2.50 bits per heavy atom. The summed E-state index contributed by atoms with van der Waals surface area (Å²) in [5, 5.41) is 0. The van der Waals surface area contributed by atoms with Crippen LogP contribution < -0.4 is 0 Å². The highest BCUT2D eigenvalue weighted by Gasteiger charge is 2.24. The first-order valence-electron chi connectivity index (χ1n) is 9.11. The minimum absolute atomic E-state index is 0.368. The van der Waals surface area contributed by atoms with Crippen molar-refractivity contribution in [3.63, 3.8) is 0 Å². The fourth-order valence-corrected chi connectivity index (χ4v) is 5.09. The Morgan fingerprint density at radius 1 is 0.929 bits per heavy atom. The molecule has 0 bridgehead atoms. The van der Waals surface area contributed by atoms with Gasteiger partial charge in [0, 0.05) is 35.0 Å². The number of benzene rings is 2. The Bertz CT molecular complexity index is 1130. The summed E-state index contributed by atoms with van der Waals surface area (Å²) in [6, 6.07) is 19.5. The zero-order chi connectivity index (χ0) is 19.1. The Balaban J connectivity index is 1.69. The van der Waals surface area contributed by atoms with Gasteiger partial charge in [-0.2, -0.15) is 0 Å². The van der Waals surface area contributed by atoms with E-state index in [4.69, 9.17) is 0 Å². The van der Waals surface area contributed by atoms with Crippen LogP contribution in [0.25, 0.3) is 33.6 Å². The van der Waals surface area contributed by atoms with Crippen molar-refractivity contribution in [1.29, 1.82) is 0 Å². The Labute approximate surface area is 164 Å². The van der Waals surface area contributed by atoms with Gasteiger partial charge in [0.2, 0.25) is 0 Å². The van der Waals surface area contributed by atoms with Gasteiger partial charge in [0.25, 0.3) is 0 Å². The molecular formula is C23H17FN2OS. The first-order valence-corrected chi connectivity index (χ1v) is 10.4. The number of halogens is 1. The molecule has 5 rings (SSSR count). The molecule has 0 radical (unpaired) electrons. The summed E-state index contributed by atoms with van der Waals surface area (Å²) in [5.74, 6) is 0.113. The van der Waals surface area contributed by atoms with E-state index in [2.05, 4.69) is 9.97 Å². The lowest BCUT2D eigenvalue weighted by Crippen LogP contribution is -1.93. The number of aromatic nitrogens is 2. The first kappa shape index (κ1) is 17.1. The van der Waals surface area contributed by atoms with Gasteiger partial charge in [-0.1, -0.05) is 30.3 Å². The van der Waals surface area contributed by atoms with Crippen molar-refractivity contribution in [2.75, 3.05) is 5.75 Å². The zero-order valence-electron chi connectivity index (χ0n) is 15.0. The van der Waals surface area contributed by atoms with Crippen LogP contribution in [0.1, 0.15) is 5.56 Å². The maximum absolute atomic E-state index is 14.6. The Kier molecular flexibility index (Phi) is 4.17. The molecule has 0 fully saturated rings. The number of rotatable bonds is 3. The molecule has 4 aromatic rings. The summed E-state index contributed by atoms with van der Waals surface area (Å²) >= 11 is 0. The Hall–Kier alpha value is -3.05. The second-order valence-corrected chi connectivity index (χ2v) is 8.33. The zero-order valence-corrected chi connectivity index (χ0v) is 15.8. The minimum Gasteiger partial charge on any atom is -0.354 e. The van der Waals surface area contributed by atoms with Crippen molar-refractivity contribution in [2.45, 2.75) is 11.3 Å². The van der Waals surface area contributed by atoms with E-state index < -0.39 is 10.8 Å². The number of aryl methyl sites for hydroxylation is 1. The summed E-state index contributed by atoms with van der Waals surface area (Å²) < 4.78 is 26.6. The highest BCUT2D eigenvalue weighted by molar-refractivity contribution is 7.85. The predicted octanol–water partition coefficient (Wildman–Crippen LogP) is 5.21. The molecule has 2 aromatic carbocycles. The number of hydrogen-bond donors (Lipinski definition) is 1. The van der Waals surface area contributed by atoms with Gasteiger partial charge in [0.1, 0.15) is 5.82 Å². The highest BCUT2D eigenvalue weighted by atomic mass is 32.2. The summed E-state index contributed by atoms with van der Waals surface area (Å²) in [6.45, 7) is 0. The molecule has 1 atom stereocenters. The SMILES string of the molecule is O=S1CCc2cc(-c3cc(-c4ccncc4)c(-c4ccccc4)[nH]3)cc(F)c21. The Morgan fingerprint density at radius 2 is 1.71 bits per heavy atom. The van der Waals surface area contributed by atoms with Gasteiger partial charge in [0.15, 0.2) is 0 Å². The average Bonchev–Trinajstić information content (AvgIpc) is 3.34. The van der Waals surface area contributed by atoms with Crippen LogP contribution >= 0.6 is 0 Å². The standard InChI is InChI=1S/C23H17FN2OS/c24-20-13-18(12-17-8-11-28(27)23(17)20)21-14-19(15-6-9-25-10-7-15)22(26-21)16-4-2-1-3-5-16/h1-7,9-10,12-14,26H,8,11H2. The second-order valence-electron chi connectivity index (χ2n) is 6.82. The molecule has 2 aromatic heterocycles. The van der Waals surface area contributed by atoms with Crippen LogP contribution in [-0.2, 0) is 17.2 Å². The molecule has 0 amide bonds. The normalized spacial score (nSPS) is 15.5. The van der Waals surface area contributed by atoms with Crippen molar-refractivity contribution >= 4 is 10.8 Å². The van der Waals surface area contributed by atoms with E-state index in [9.17, 15) is 8.60 Å². The molecule has 0 aliphatic carbocycles. The number of pyridine rings is 1. The first-order chi connectivity index (χ1) is 13.7. The van der Waals surface area contributed by atoms with E-state index >= 15 is 0 Å². The number of fused-ring (bicyclic) bond motifs is 1. The molecule has 1 aliphatic rings. The molecule has 1 N–H and O–H groups in total. The third kappa shape index (κ3) is 2.88. The number of H-pyrrole nitrogens is 1. The lowest BCUT2D eigenvalue weighted by molar-refractivity contribution is 0.595. The number of nitrogens with zero attached hydrogens (tertiary/aromatic N) is 1. The fraction of sp³-hybridized carbons (Fsp3) is 0.0870. The quantitative estimate of drug-likeness (QED) is 0.523. The van der Waals surface area contributed by atoms with E-state index in [1.807, 2.05) is 54.6 Å².